The van der Waals surface area contributed by atoms with Crippen LogP contribution >= 0.6 is 73.4 Å². The standard InChI is InChI=1S/C24H18Cl2Si.C18H15ClSi.C7H5BrCl2/c25-22-17-10-18-23(24(22)26)27(19-11-4-1-5-12-19,20-13-6-2-7-14-20)21-15-8-3-9-16-21;19-20(16-10-4-1-5-11-16,17-12-6-2-7-13-17)18-14-8-3-9-15-18;1-4-2-5(8)7(10)6(9)3-4/h1-18H;1-15H;2-3H,1H3. The molecule has 284 valence electrons. The summed E-state index contributed by atoms with van der Waals surface area (Å²) in [5, 5.41) is 11.0. The maximum absolute atomic E-state index is 7.25. The molecule has 0 aromatic heterocycles. The minimum atomic E-state index is -2.59. The first-order valence-corrected chi connectivity index (χ1v) is 25.6. The minimum Gasteiger partial charge on any atom is -0.149 e. The van der Waals surface area contributed by atoms with Crippen LogP contribution in [0.2, 0.25) is 20.1 Å². The maximum atomic E-state index is 7.25. The van der Waals surface area contributed by atoms with Crippen molar-refractivity contribution in [3.05, 3.63) is 242 Å². The van der Waals surface area contributed by atoms with Gasteiger partial charge < -0.3 is 0 Å². The lowest BCUT2D eigenvalue weighted by molar-refractivity contribution is 1.45. The van der Waals surface area contributed by atoms with Crippen LogP contribution < -0.4 is 36.3 Å². The van der Waals surface area contributed by atoms with Crippen molar-refractivity contribution in [2.24, 2.45) is 0 Å². The number of hydrogen-bond donors (Lipinski definition) is 0. The van der Waals surface area contributed by atoms with Crippen molar-refractivity contribution in [2.45, 2.75) is 6.92 Å². The van der Waals surface area contributed by atoms with Gasteiger partial charge in [0.05, 0.1) is 20.1 Å². The van der Waals surface area contributed by atoms with E-state index in [0.29, 0.717) is 20.1 Å². The van der Waals surface area contributed by atoms with Crippen LogP contribution in [0.15, 0.2) is 217 Å². The molecule has 0 spiro atoms. The molecule has 0 heterocycles. The number of benzene rings is 8. The number of aryl methyl sites for hydroxylation is 1. The summed E-state index contributed by atoms with van der Waals surface area (Å²) in [5.74, 6) is 0. The molecule has 0 nitrogen and oxygen atoms in total. The molecule has 0 aliphatic rings. The van der Waals surface area contributed by atoms with Crippen molar-refractivity contribution >= 4 is 125 Å². The number of hydrogen-bond acceptors (Lipinski definition) is 0. The number of rotatable bonds is 7. The second-order valence-corrected chi connectivity index (χ2v) is 24.2. The third kappa shape index (κ3) is 9.71. The van der Waals surface area contributed by atoms with Crippen molar-refractivity contribution in [3.63, 3.8) is 0 Å². The molecule has 0 saturated carbocycles. The Kier molecular flexibility index (Phi) is 15.1. The van der Waals surface area contributed by atoms with Gasteiger partial charge in [-0.25, -0.2) is 0 Å². The topological polar surface area (TPSA) is 0 Å². The largest absolute Gasteiger partial charge is 0.247 e. The van der Waals surface area contributed by atoms with Crippen LogP contribution in [0, 0.1) is 6.92 Å². The van der Waals surface area contributed by atoms with Gasteiger partial charge in [-0.15, -0.1) is 11.1 Å². The average molecular weight is 940 g/mol. The highest BCUT2D eigenvalue weighted by molar-refractivity contribution is 9.10. The smallest absolute Gasteiger partial charge is 0.149 e. The first-order valence-electron chi connectivity index (χ1n) is 18.2. The van der Waals surface area contributed by atoms with Crippen LogP contribution in [0.25, 0.3) is 0 Å². The zero-order valence-electron chi connectivity index (χ0n) is 31.0. The fourth-order valence-electron chi connectivity index (χ4n) is 7.01. The van der Waals surface area contributed by atoms with Crippen molar-refractivity contribution in [1.82, 2.24) is 0 Å². The summed E-state index contributed by atoms with van der Waals surface area (Å²) in [6.45, 7) is 1.97. The molecule has 8 heteroatoms. The first-order chi connectivity index (χ1) is 27.7. The Labute approximate surface area is 371 Å². The van der Waals surface area contributed by atoms with Crippen LogP contribution in [0.5, 0.6) is 0 Å². The van der Waals surface area contributed by atoms with Gasteiger partial charge in [0.15, 0.2) is 8.07 Å². The fraction of sp³-hybridized carbons (Fsp3) is 0.0204. The van der Waals surface area contributed by atoms with E-state index in [4.69, 9.17) is 57.5 Å². The molecule has 0 saturated heterocycles. The summed E-state index contributed by atoms with van der Waals surface area (Å²) in [6, 6.07) is 73.1. The summed E-state index contributed by atoms with van der Waals surface area (Å²) < 4.78 is 0.846. The second kappa shape index (κ2) is 20.2. The molecule has 0 unspecified atom stereocenters. The molecule has 8 aromatic carbocycles. The van der Waals surface area contributed by atoms with E-state index in [1.54, 1.807) is 0 Å². The van der Waals surface area contributed by atoms with E-state index < -0.39 is 15.5 Å². The number of halogens is 6. The molecule has 0 aliphatic carbocycles. The Morgan fingerprint density at radius 2 is 0.702 bits per heavy atom. The molecule has 0 atom stereocenters. The molecule has 0 bridgehead atoms. The third-order valence-electron chi connectivity index (χ3n) is 9.62. The summed E-state index contributed by atoms with van der Waals surface area (Å²) in [6.07, 6.45) is 0. The zero-order valence-corrected chi connectivity index (χ0v) is 38.3. The molecular formula is C49H38BrCl5Si2. The highest BCUT2D eigenvalue weighted by atomic mass is 79.9. The SMILES string of the molecule is Cc1cc(Cl)c(Cl)c(Br)c1.Cl[Si](c1ccccc1)(c1ccccc1)c1ccccc1.Clc1cccc([Si](c2ccccc2)(c2ccccc2)c2ccccc2)c1Cl. The second-order valence-electron chi connectivity index (χ2n) is 13.2. The van der Waals surface area contributed by atoms with Crippen LogP contribution in [0.1, 0.15) is 5.56 Å². The highest BCUT2D eigenvalue weighted by Crippen LogP contribution is 2.31. The van der Waals surface area contributed by atoms with Gasteiger partial charge in [-0.1, -0.05) is 241 Å². The molecule has 0 radical (unpaired) electrons. The third-order valence-corrected chi connectivity index (χ3v) is 22.4. The molecule has 8 rings (SSSR count). The van der Waals surface area contributed by atoms with Gasteiger partial charge in [0.1, 0.15) is 0 Å². The van der Waals surface area contributed by atoms with Gasteiger partial charge >= 0.3 is 0 Å². The van der Waals surface area contributed by atoms with E-state index in [1.807, 2.05) is 49.4 Å². The Hall–Kier alpha value is -3.88. The molecule has 0 aliphatic heterocycles. The molecule has 0 amide bonds. The quantitative estimate of drug-likeness (QED) is 0.0646. The lowest BCUT2D eigenvalue weighted by Gasteiger charge is -2.35. The summed E-state index contributed by atoms with van der Waals surface area (Å²) >= 11 is 35.4. The van der Waals surface area contributed by atoms with Crippen molar-refractivity contribution in [2.75, 3.05) is 0 Å². The van der Waals surface area contributed by atoms with E-state index in [9.17, 15) is 0 Å². The van der Waals surface area contributed by atoms with Gasteiger partial charge in [-0.3, -0.25) is 0 Å². The monoisotopic (exact) mass is 936 g/mol. The minimum absolute atomic E-state index is 0.576. The van der Waals surface area contributed by atoms with Crippen molar-refractivity contribution in [3.8, 4) is 0 Å². The van der Waals surface area contributed by atoms with E-state index >= 15 is 0 Å². The van der Waals surface area contributed by atoms with E-state index in [0.717, 1.165) is 15.2 Å². The van der Waals surface area contributed by atoms with Crippen LogP contribution in [-0.4, -0.2) is 15.5 Å². The van der Waals surface area contributed by atoms with Crippen LogP contribution in [0.3, 0.4) is 0 Å². The Morgan fingerprint density at radius 1 is 0.368 bits per heavy atom. The molecular weight excluding hydrogens is 902 g/mol. The average Bonchev–Trinajstić information content (AvgIpc) is 3.27. The summed E-state index contributed by atoms with van der Waals surface area (Å²) in [7, 11) is -5.00. The predicted molar refractivity (Wildman–Crippen MR) is 259 cm³/mol. The van der Waals surface area contributed by atoms with Crippen molar-refractivity contribution < 1.29 is 0 Å². The highest BCUT2D eigenvalue weighted by Gasteiger charge is 2.43. The van der Waals surface area contributed by atoms with E-state index in [-0.39, 0.29) is 0 Å². The van der Waals surface area contributed by atoms with E-state index in [2.05, 4.69) is 186 Å². The first kappa shape index (κ1) is 42.7. The van der Waals surface area contributed by atoms with Crippen molar-refractivity contribution in [1.29, 1.82) is 0 Å². The maximum Gasteiger partial charge on any atom is 0.247 e. The van der Waals surface area contributed by atoms with Crippen LogP contribution in [0.4, 0.5) is 0 Å². The zero-order chi connectivity index (χ0) is 40.3. The van der Waals surface area contributed by atoms with Crippen LogP contribution in [-0.2, 0) is 0 Å². The lowest BCUT2D eigenvalue weighted by Crippen LogP contribution is -2.75. The Bertz CT molecular complexity index is 2260. The summed E-state index contributed by atoms with van der Waals surface area (Å²) in [5.41, 5.74) is 1.10. The predicted octanol–water partition coefficient (Wildman–Crippen LogP) is 11.3. The molecule has 8 aromatic rings. The Morgan fingerprint density at radius 3 is 1.04 bits per heavy atom. The molecule has 0 fully saturated rings. The van der Waals surface area contributed by atoms with Gasteiger partial charge in [-0.2, -0.15) is 0 Å². The molecule has 0 N–H and O–H groups in total. The van der Waals surface area contributed by atoms with E-state index in [1.165, 1.54) is 31.1 Å². The van der Waals surface area contributed by atoms with Gasteiger partial charge in [0, 0.05) is 4.47 Å². The molecule has 57 heavy (non-hydrogen) atoms. The van der Waals surface area contributed by atoms with Gasteiger partial charge in [-0.05, 0) is 82.9 Å². The normalized spacial score (nSPS) is 11.1. The van der Waals surface area contributed by atoms with Gasteiger partial charge in [0.2, 0.25) is 7.38 Å². The Balaban J connectivity index is 0.000000160. The summed E-state index contributed by atoms with van der Waals surface area (Å²) in [4.78, 5) is 0. The van der Waals surface area contributed by atoms with Gasteiger partial charge in [0.25, 0.3) is 0 Å². The lowest BCUT2D eigenvalue weighted by atomic mass is 10.2. The fourth-order valence-corrected chi connectivity index (χ4v) is 17.8.